The van der Waals surface area contributed by atoms with E-state index in [4.69, 9.17) is 14.2 Å². The van der Waals surface area contributed by atoms with Gasteiger partial charge in [-0.15, -0.1) is 0 Å². The summed E-state index contributed by atoms with van der Waals surface area (Å²) in [5.41, 5.74) is 2.10. The van der Waals surface area contributed by atoms with Crippen molar-refractivity contribution in [3.05, 3.63) is 67.3 Å². The zero-order chi connectivity index (χ0) is 20.9. The van der Waals surface area contributed by atoms with Crippen LogP contribution in [0.25, 0.3) is 11.1 Å². The van der Waals surface area contributed by atoms with Crippen LogP contribution in [0.3, 0.4) is 0 Å². The first-order chi connectivity index (χ1) is 14.1. The van der Waals surface area contributed by atoms with Gasteiger partial charge in [-0.1, -0.05) is 49.0 Å². The Morgan fingerprint density at radius 1 is 0.759 bits per heavy atom. The molecule has 0 unspecified atom stereocenters. The number of benzene rings is 2. The van der Waals surface area contributed by atoms with Crippen molar-refractivity contribution in [3.63, 3.8) is 0 Å². The third-order valence-electron chi connectivity index (χ3n) is 3.94. The first kappa shape index (κ1) is 21.9. The SMILES string of the molecule is C=CC(=O)OCCCCOC(=O)CCC(=O)Oc1ccc(-c2ccccc2)cc1. The third-order valence-corrected chi connectivity index (χ3v) is 3.94. The van der Waals surface area contributed by atoms with Crippen molar-refractivity contribution >= 4 is 17.9 Å². The summed E-state index contributed by atoms with van der Waals surface area (Å²) in [5.74, 6) is -1.01. The van der Waals surface area contributed by atoms with Crippen molar-refractivity contribution in [1.82, 2.24) is 0 Å². The van der Waals surface area contributed by atoms with E-state index >= 15 is 0 Å². The summed E-state index contributed by atoms with van der Waals surface area (Å²) in [5, 5.41) is 0. The maximum Gasteiger partial charge on any atom is 0.330 e. The molecule has 0 spiro atoms. The van der Waals surface area contributed by atoms with E-state index in [0.29, 0.717) is 18.6 Å². The molecule has 2 aromatic carbocycles. The number of rotatable bonds is 11. The molecule has 0 aliphatic heterocycles. The molecular formula is C23H24O6. The molecule has 0 N–H and O–H groups in total. The Morgan fingerprint density at radius 2 is 1.34 bits per heavy atom. The largest absolute Gasteiger partial charge is 0.466 e. The van der Waals surface area contributed by atoms with Gasteiger partial charge in [0.1, 0.15) is 5.75 Å². The van der Waals surface area contributed by atoms with Crippen LogP contribution in [0.2, 0.25) is 0 Å². The second kappa shape index (κ2) is 12.1. The average Bonchev–Trinajstić information content (AvgIpc) is 2.75. The number of hydrogen-bond donors (Lipinski definition) is 0. The minimum absolute atomic E-state index is 0.0492. The maximum absolute atomic E-state index is 11.9. The highest BCUT2D eigenvalue weighted by atomic mass is 16.5. The van der Waals surface area contributed by atoms with Crippen LogP contribution in [0.15, 0.2) is 67.3 Å². The lowest BCUT2D eigenvalue weighted by atomic mass is 10.1. The lowest BCUT2D eigenvalue weighted by molar-refractivity contribution is -0.147. The molecule has 2 rings (SSSR count). The second-order valence-corrected chi connectivity index (χ2v) is 6.16. The van der Waals surface area contributed by atoms with Crippen LogP contribution in [0.1, 0.15) is 25.7 Å². The van der Waals surface area contributed by atoms with E-state index < -0.39 is 17.9 Å². The van der Waals surface area contributed by atoms with Gasteiger partial charge in [0.15, 0.2) is 0 Å². The summed E-state index contributed by atoms with van der Waals surface area (Å²) in [4.78, 5) is 34.4. The van der Waals surface area contributed by atoms with Gasteiger partial charge in [0.05, 0.1) is 26.1 Å². The topological polar surface area (TPSA) is 78.9 Å². The number of unbranched alkanes of at least 4 members (excludes halogenated alkanes) is 1. The quantitative estimate of drug-likeness (QED) is 0.246. The summed E-state index contributed by atoms with van der Waals surface area (Å²) in [7, 11) is 0. The molecule has 0 atom stereocenters. The van der Waals surface area contributed by atoms with Crippen molar-refractivity contribution in [3.8, 4) is 16.9 Å². The van der Waals surface area contributed by atoms with E-state index in [9.17, 15) is 14.4 Å². The number of hydrogen-bond acceptors (Lipinski definition) is 6. The number of esters is 3. The summed E-state index contributed by atoms with van der Waals surface area (Å²) in [6, 6.07) is 17.1. The normalized spacial score (nSPS) is 10.1. The Morgan fingerprint density at radius 3 is 2.00 bits per heavy atom. The molecule has 0 aliphatic carbocycles. The van der Waals surface area contributed by atoms with Crippen LogP contribution < -0.4 is 4.74 Å². The van der Waals surface area contributed by atoms with Gasteiger partial charge in [0.25, 0.3) is 0 Å². The van der Waals surface area contributed by atoms with Gasteiger partial charge in [-0.25, -0.2) is 4.79 Å². The zero-order valence-corrected chi connectivity index (χ0v) is 16.2. The van der Waals surface area contributed by atoms with Crippen molar-refractivity contribution in [2.75, 3.05) is 13.2 Å². The molecule has 0 saturated carbocycles. The molecule has 0 bridgehead atoms. The van der Waals surface area contributed by atoms with Crippen molar-refractivity contribution in [2.24, 2.45) is 0 Å². The summed E-state index contributed by atoms with van der Waals surface area (Å²) in [6.45, 7) is 3.75. The van der Waals surface area contributed by atoms with Gasteiger partial charge < -0.3 is 14.2 Å². The highest BCUT2D eigenvalue weighted by Crippen LogP contribution is 2.22. The zero-order valence-electron chi connectivity index (χ0n) is 16.2. The molecular weight excluding hydrogens is 372 g/mol. The van der Waals surface area contributed by atoms with Crippen LogP contribution >= 0.6 is 0 Å². The Bertz CT molecular complexity index is 811. The third kappa shape index (κ3) is 8.43. The van der Waals surface area contributed by atoms with Crippen LogP contribution in [0.4, 0.5) is 0 Å². The Balaban J connectivity index is 1.62. The molecule has 0 aliphatic rings. The molecule has 0 radical (unpaired) electrons. The van der Waals surface area contributed by atoms with Crippen LogP contribution in [0, 0.1) is 0 Å². The van der Waals surface area contributed by atoms with Crippen molar-refractivity contribution in [1.29, 1.82) is 0 Å². The molecule has 6 nitrogen and oxygen atoms in total. The van der Waals surface area contributed by atoms with Gasteiger partial charge in [-0.05, 0) is 36.1 Å². The monoisotopic (exact) mass is 396 g/mol. The minimum atomic E-state index is -0.495. The average molecular weight is 396 g/mol. The van der Waals surface area contributed by atoms with E-state index in [1.54, 1.807) is 12.1 Å². The molecule has 0 amide bonds. The molecule has 6 heteroatoms. The molecule has 2 aromatic rings. The predicted molar refractivity (Wildman–Crippen MR) is 108 cm³/mol. The molecule has 0 aromatic heterocycles. The maximum atomic E-state index is 11.9. The van der Waals surface area contributed by atoms with E-state index in [1.165, 1.54) is 0 Å². The lowest BCUT2D eigenvalue weighted by Crippen LogP contribution is -2.13. The number of ether oxygens (including phenoxy) is 3. The fraction of sp³-hybridized carbons (Fsp3) is 0.261. The number of carbonyl (C=O) groups excluding carboxylic acids is 3. The van der Waals surface area contributed by atoms with Gasteiger partial charge in [0.2, 0.25) is 0 Å². The summed E-state index contributed by atoms with van der Waals surface area (Å²) in [6.07, 6.45) is 2.13. The smallest absolute Gasteiger partial charge is 0.330 e. The highest BCUT2D eigenvalue weighted by Gasteiger charge is 2.10. The van der Waals surface area contributed by atoms with E-state index in [0.717, 1.165) is 17.2 Å². The van der Waals surface area contributed by atoms with Gasteiger partial charge in [0, 0.05) is 6.08 Å². The first-order valence-corrected chi connectivity index (χ1v) is 9.39. The van der Waals surface area contributed by atoms with Gasteiger partial charge in [-0.3, -0.25) is 9.59 Å². The van der Waals surface area contributed by atoms with Gasteiger partial charge in [-0.2, -0.15) is 0 Å². The Kier molecular flexibility index (Phi) is 9.15. The molecule has 29 heavy (non-hydrogen) atoms. The van der Waals surface area contributed by atoms with Crippen molar-refractivity contribution in [2.45, 2.75) is 25.7 Å². The van der Waals surface area contributed by atoms with E-state index in [2.05, 4.69) is 6.58 Å². The second-order valence-electron chi connectivity index (χ2n) is 6.16. The van der Waals surface area contributed by atoms with Crippen LogP contribution in [-0.4, -0.2) is 31.1 Å². The lowest BCUT2D eigenvalue weighted by Gasteiger charge is -2.07. The fourth-order valence-corrected chi connectivity index (χ4v) is 2.43. The first-order valence-electron chi connectivity index (χ1n) is 9.39. The Hall–Kier alpha value is -3.41. The van der Waals surface area contributed by atoms with E-state index in [-0.39, 0.29) is 26.1 Å². The highest BCUT2D eigenvalue weighted by molar-refractivity contribution is 5.81. The number of carbonyl (C=O) groups is 3. The van der Waals surface area contributed by atoms with Gasteiger partial charge >= 0.3 is 17.9 Å². The summed E-state index contributed by atoms with van der Waals surface area (Å²) >= 11 is 0. The van der Waals surface area contributed by atoms with Crippen molar-refractivity contribution < 1.29 is 28.6 Å². The minimum Gasteiger partial charge on any atom is -0.466 e. The van der Waals surface area contributed by atoms with Crippen LogP contribution in [0.5, 0.6) is 5.75 Å². The molecule has 0 fully saturated rings. The Labute approximate surface area is 170 Å². The molecule has 0 heterocycles. The van der Waals surface area contributed by atoms with Crippen LogP contribution in [-0.2, 0) is 23.9 Å². The fourth-order valence-electron chi connectivity index (χ4n) is 2.43. The summed E-state index contributed by atoms with van der Waals surface area (Å²) < 4.78 is 15.1. The van der Waals surface area contributed by atoms with E-state index in [1.807, 2.05) is 42.5 Å². The predicted octanol–water partition coefficient (Wildman–Crippen LogP) is 4.09. The molecule has 0 saturated heterocycles. The molecule has 152 valence electrons. The standard InChI is InChI=1S/C23H24O6/c1-2-21(24)27-16-6-7-17-28-22(25)14-15-23(26)29-20-12-10-19(11-13-20)18-8-4-3-5-9-18/h2-5,8-13H,1,6-7,14-17H2.